The smallest absolute Gasteiger partial charge is 0.291 e. The molecule has 1 amide bonds. The van der Waals surface area contributed by atoms with E-state index in [9.17, 15) is 4.79 Å². The van der Waals surface area contributed by atoms with Gasteiger partial charge in [-0.05, 0) is 30.5 Å². The summed E-state index contributed by atoms with van der Waals surface area (Å²) in [6.45, 7) is 2.98. The van der Waals surface area contributed by atoms with Crippen LogP contribution in [0, 0.1) is 0 Å². The van der Waals surface area contributed by atoms with Crippen LogP contribution in [0.25, 0.3) is 10.8 Å². The molecule has 0 spiro atoms. The molecule has 11 heteroatoms. The molecule has 4 heterocycles. The van der Waals surface area contributed by atoms with Gasteiger partial charge in [0.15, 0.2) is 5.82 Å². The summed E-state index contributed by atoms with van der Waals surface area (Å²) in [5.74, 6) is 2.28. The summed E-state index contributed by atoms with van der Waals surface area (Å²) in [5.41, 5.74) is 7.75. The Morgan fingerprint density at radius 2 is 1.92 bits per heavy atom. The molecular formula is C26H30N8O3. The minimum atomic E-state index is -0.394. The van der Waals surface area contributed by atoms with Crippen molar-refractivity contribution in [3.8, 4) is 5.75 Å². The van der Waals surface area contributed by atoms with Gasteiger partial charge in [-0.1, -0.05) is 18.2 Å². The number of nitrogens with two attached hydrogens (primary N) is 1. The minimum absolute atomic E-state index is 0.0712. The van der Waals surface area contributed by atoms with E-state index in [1.165, 1.54) is 12.8 Å². The Labute approximate surface area is 214 Å². The van der Waals surface area contributed by atoms with E-state index < -0.39 is 5.91 Å². The van der Waals surface area contributed by atoms with E-state index in [1.807, 2.05) is 36.5 Å². The molecule has 1 aliphatic heterocycles. The quantitative estimate of drug-likeness (QED) is 0.354. The molecule has 1 aromatic carbocycles. The molecule has 0 bridgehead atoms. The van der Waals surface area contributed by atoms with Crippen LogP contribution in [0.15, 0.2) is 42.7 Å². The van der Waals surface area contributed by atoms with Crippen molar-refractivity contribution < 1.29 is 14.3 Å². The fourth-order valence-electron chi connectivity index (χ4n) is 4.58. The summed E-state index contributed by atoms with van der Waals surface area (Å²) in [6.07, 6.45) is 5.88. The van der Waals surface area contributed by atoms with Crippen LogP contribution in [0.3, 0.4) is 0 Å². The number of benzene rings is 1. The van der Waals surface area contributed by atoms with Gasteiger partial charge in [0.2, 0.25) is 5.82 Å². The average Bonchev–Trinajstić information content (AvgIpc) is 3.59. The van der Waals surface area contributed by atoms with Gasteiger partial charge in [-0.25, -0.2) is 19.6 Å². The van der Waals surface area contributed by atoms with E-state index in [2.05, 4.69) is 30.3 Å². The molecule has 1 fully saturated rings. The number of nitrogens with zero attached hydrogens (tertiary/aromatic N) is 6. The second-order valence-corrected chi connectivity index (χ2v) is 8.89. The molecule has 192 valence electrons. The normalized spacial score (nSPS) is 13.3. The summed E-state index contributed by atoms with van der Waals surface area (Å²) < 4.78 is 12.6. The number of methoxy groups -OCH3 is 2. The molecule has 0 saturated carbocycles. The number of ether oxygens (including phenoxy) is 2. The van der Waals surface area contributed by atoms with Gasteiger partial charge in [0.05, 0.1) is 13.7 Å². The zero-order valence-corrected chi connectivity index (χ0v) is 21.0. The monoisotopic (exact) mass is 502 g/mol. The van der Waals surface area contributed by atoms with E-state index in [1.54, 1.807) is 25.1 Å². The standard InChI is InChI=1S/C26H30N8O3/c1-36-16-22-31-25(32-34(22)15-17-5-8-21(29-13-17)33-11-3-4-12-33)26(35)30-14-18-6-7-20-19(23(18)37-2)9-10-28-24(20)27/h5-10,13H,3-4,11-12,14-16H2,1-2H3,(H2,27,28)(H,30,35). The van der Waals surface area contributed by atoms with Crippen molar-refractivity contribution in [3.05, 3.63) is 65.5 Å². The third-order valence-electron chi connectivity index (χ3n) is 6.45. The number of nitrogen functional groups attached to an aromatic ring is 1. The van der Waals surface area contributed by atoms with Crippen LogP contribution in [-0.2, 0) is 24.4 Å². The third-order valence-corrected chi connectivity index (χ3v) is 6.45. The van der Waals surface area contributed by atoms with Gasteiger partial charge in [-0.3, -0.25) is 4.79 Å². The molecule has 0 aliphatic carbocycles. The number of pyridine rings is 2. The first-order valence-electron chi connectivity index (χ1n) is 12.2. The minimum Gasteiger partial charge on any atom is -0.496 e. The van der Waals surface area contributed by atoms with E-state index >= 15 is 0 Å². The first-order valence-corrected chi connectivity index (χ1v) is 12.2. The fraction of sp³-hybridized carbons (Fsp3) is 0.346. The number of amides is 1. The predicted octanol–water partition coefficient (Wildman–Crippen LogP) is 2.54. The topological polar surface area (TPSA) is 133 Å². The van der Waals surface area contributed by atoms with E-state index in [4.69, 9.17) is 15.2 Å². The Kier molecular flexibility index (Phi) is 7.13. The molecule has 0 atom stereocenters. The second-order valence-electron chi connectivity index (χ2n) is 8.89. The summed E-state index contributed by atoms with van der Waals surface area (Å²) in [7, 11) is 3.17. The fourth-order valence-corrected chi connectivity index (χ4v) is 4.58. The molecule has 1 saturated heterocycles. The van der Waals surface area contributed by atoms with Crippen LogP contribution in [0.2, 0.25) is 0 Å². The molecule has 3 aromatic heterocycles. The molecule has 1 aliphatic rings. The number of anilines is 2. The van der Waals surface area contributed by atoms with Crippen LogP contribution >= 0.6 is 0 Å². The first-order chi connectivity index (χ1) is 18.1. The molecule has 3 N–H and O–H groups in total. The number of hydrogen-bond acceptors (Lipinski definition) is 9. The molecule has 0 unspecified atom stereocenters. The van der Waals surface area contributed by atoms with Crippen molar-refractivity contribution in [2.45, 2.75) is 32.5 Å². The van der Waals surface area contributed by atoms with Crippen molar-refractivity contribution in [2.75, 3.05) is 37.9 Å². The highest BCUT2D eigenvalue weighted by molar-refractivity contribution is 5.96. The van der Waals surface area contributed by atoms with Gasteiger partial charge >= 0.3 is 0 Å². The Morgan fingerprint density at radius 3 is 2.65 bits per heavy atom. The third kappa shape index (κ3) is 5.17. The maximum atomic E-state index is 13.0. The zero-order chi connectivity index (χ0) is 25.8. The lowest BCUT2D eigenvalue weighted by Gasteiger charge is -2.16. The Bertz CT molecular complexity index is 1400. The zero-order valence-electron chi connectivity index (χ0n) is 21.0. The number of nitrogens with one attached hydrogen (secondary N) is 1. The van der Waals surface area contributed by atoms with Gasteiger partial charge in [0.25, 0.3) is 5.91 Å². The van der Waals surface area contributed by atoms with Gasteiger partial charge in [-0.2, -0.15) is 0 Å². The lowest BCUT2D eigenvalue weighted by Crippen LogP contribution is -2.24. The lowest BCUT2D eigenvalue weighted by atomic mass is 10.1. The number of hydrogen-bond donors (Lipinski definition) is 2. The van der Waals surface area contributed by atoms with Gasteiger partial charge in [0, 0.05) is 55.5 Å². The van der Waals surface area contributed by atoms with Crippen molar-refractivity contribution in [2.24, 2.45) is 0 Å². The lowest BCUT2D eigenvalue weighted by molar-refractivity contribution is 0.0940. The first kappa shape index (κ1) is 24.4. The summed E-state index contributed by atoms with van der Waals surface area (Å²) in [5, 5.41) is 8.97. The Balaban J connectivity index is 1.30. The van der Waals surface area contributed by atoms with Crippen LogP contribution in [-0.4, -0.2) is 57.9 Å². The molecular weight excluding hydrogens is 472 g/mol. The SMILES string of the molecule is COCc1nc(C(=O)NCc2ccc3c(N)nccc3c2OC)nn1Cc1ccc(N2CCCC2)nc1. The highest BCUT2D eigenvalue weighted by Crippen LogP contribution is 2.31. The number of carbonyl (C=O) groups is 1. The molecule has 4 aromatic rings. The molecule has 0 radical (unpaired) electrons. The Morgan fingerprint density at radius 1 is 1.08 bits per heavy atom. The van der Waals surface area contributed by atoms with Crippen LogP contribution in [0.4, 0.5) is 11.6 Å². The van der Waals surface area contributed by atoms with Gasteiger partial charge in [0.1, 0.15) is 24.0 Å². The average molecular weight is 503 g/mol. The largest absolute Gasteiger partial charge is 0.496 e. The maximum Gasteiger partial charge on any atom is 0.291 e. The van der Waals surface area contributed by atoms with E-state index in [0.29, 0.717) is 23.9 Å². The summed E-state index contributed by atoms with van der Waals surface area (Å²) in [4.78, 5) is 28.4. The van der Waals surface area contributed by atoms with Crippen molar-refractivity contribution >= 4 is 28.3 Å². The van der Waals surface area contributed by atoms with E-state index in [-0.39, 0.29) is 19.0 Å². The Hall–Kier alpha value is -4.25. The number of carbonyl (C=O) groups excluding carboxylic acids is 1. The van der Waals surface area contributed by atoms with Crippen molar-refractivity contribution in [1.29, 1.82) is 0 Å². The summed E-state index contributed by atoms with van der Waals surface area (Å²) >= 11 is 0. The molecule has 5 rings (SSSR count). The second kappa shape index (κ2) is 10.8. The summed E-state index contributed by atoms with van der Waals surface area (Å²) in [6, 6.07) is 9.63. The van der Waals surface area contributed by atoms with Crippen LogP contribution in [0.5, 0.6) is 5.75 Å². The number of rotatable bonds is 9. The van der Waals surface area contributed by atoms with Gasteiger partial charge in [-0.15, -0.1) is 5.10 Å². The highest BCUT2D eigenvalue weighted by atomic mass is 16.5. The number of aromatic nitrogens is 5. The van der Waals surface area contributed by atoms with Crippen LogP contribution < -0.4 is 20.7 Å². The van der Waals surface area contributed by atoms with Crippen molar-refractivity contribution in [1.82, 2.24) is 30.0 Å². The molecule has 11 nitrogen and oxygen atoms in total. The maximum absolute atomic E-state index is 13.0. The molecule has 37 heavy (non-hydrogen) atoms. The highest BCUT2D eigenvalue weighted by Gasteiger charge is 2.19. The van der Waals surface area contributed by atoms with Gasteiger partial charge < -0.3 is 25.4 Å². The van der Waals surface area contributed by atoms with Crippen LogP contribution in [0.1, 0.15) is 40.4 Å². The van der Waals surface area contributed by atoms with Crippen molar-refractivity contribution in [3.63, 3.8) is 0 Å². The van der Waals surface area contributed by atoms with E-state index in [0.717, 1.165) is 40.8 Å². The number of fused-ring (bicyclic) bond motifs is 1. The predicted molar refractivity (Wildman–Crippen MR) is 139 cm³/mol.